The Bertz CT molecular complexity index is 930. The molecule has 1 N–H and O–H groups in total. The minimum absolute atomic E-state index is 0.0638. The minimum atomic E-state index is -4.43. The van der Waals surface area contributed by atoms with E-state index in [1.807, 2.05) is 0 Å². The standard InChI is InChI=1S/C38H64F2O8/c1-2-44-36(41)37(39,40)38(42)35(47-26-31-21-13-6-14-22-31)34(46-25-30-19-11-5-12-20-30)33(45-24-29-17-9-4-10-18-29)32(48-38)27-43-23-28-15-7-3-8-16-28/h28-35,42H,2-27H2,1H3/t32-,33+,34+,35-,38-/m1/s1. The molecule has 0 radical (unpaired) electrons. The number of hydrogen-bond donors (Lipinski definition) is 1. The molecule has 278 valence electrons. The molecule has 5 fully saturated rings. The smallest absolute Gasteiger partial charge is 0.397 e. The molecule has 5 atom stereocenters. The highest BCUT2D eigenvalue weighted by atomic mass is 19.3. The molecule has 0 aromatic rings. The van der Waals surface area contributed by atoms with Gasteiger partial charge in [0.05, 0.1) is 33.0 Å². The lowest BCUT2D eigenvalue weighted by atomic mass is 9.86. The van der Waals surface area contributed by atoms with Crippen LogP contribution in [0.25, 0.3) is 0 Å². The molecule has 4 aliphatic carbocycles. The number of alkyl halides is 2. The fraction of sp³-hybridized carbons (Fsp3) is 0.974. The third-order valence-electron chi connectivity index (χ3n) is 11.8. The molecule has 0 spiro atoms. The average Bonchev–Trinajstić information content (AvgIpc) is 3.11. The molecule has 10 heteroatoms. The Balaban J connectivity index is 1.45. The van der Waals surface area contributed by atoms with Crippen LogP contribution in [0.4, 0.5) is 8.78 Å². The van der Waals surface area contributed by atoms with Crippen molar-refractivity contribution < 1.29 is 47.1 Å². The van der Waals surface area contributed by atoms with Crippen LogP contribution in [0.1, 0.15) is 135 Å². The van der Waals surface area contributed by atoms with Crippen LogP contribution in [-0.2, 0) is 33.2 Å². The van der Waals surface area contributed by atoms with E-state index < -0.39 is 42.1 Å². The number of esters is 1. The van der Waals surface area contributed by atoms with E-state index in [9.17, 15) is 9.90 Å². The second kappa shape index (κ2) is 19.1. The van der Waals surface area contributed by atoms with Crippen molar-refractivity contribution in [3.63, 3.8) is 0 Å². The molecule has 5 aliphatic rings. The van der Waals surface area contributed by atoms with Crippen molar-refractivity contribution >= 4 is 5.97 Å². The Hall–Kier alpha value is -0.910. The van der Waals surface area contributed by atoms with E-state index in [1.54, 1.807) is 0 Å². The first kappa shape index (κ1) is 38.3. The van der Waals surface area contributed by atoms with Crippen LogP contribution in [-0.4, -0.2) is 86.8 Å². The summed E-state index contributed by atoms with van der Waals surface area (Å²) in [6, 6.07) is 0. The molecule has 1 saturated heterocycles. The lowest BCUT2D eigenvalue weighted by Gasteiger charge is -2.52. The van der Waals surface area contributed by atoms with E-state index >= 15 is 8.78 Å². The van der Waals surface area contributed by atoms with E-state index in [0.29, 0.717) is 31.7 Å². The Morgan fingerprint density at radius 1 is 0.646 bits per heavy atom. The van der Waals surface area contributed by atoms with Gasteiger partial charge in [0.1, 0.15) is 24.4 Å². The van der Waals surface area contributed by atoms with E-state index in [4.69, 9.17) is 28.4 Å². The molecule has 48 heavy (non-hydrogen) atoms. The van der Waals surface area contributed by atoms with Crippen LogP contribution in [0.2, 0.25) is 0 Å². The quantitative estimate of drug-likeness (QED) is 0.165. The summed E-state index contributed by atoms with van der Waals surface area (Å²) in [5, 5.41) is 12.2. The Morgan fingerprint density at radius 3 is 1.52 bits per heavy atom. The highest BCUT2D eigenvalue weighted by molar-refractivity contribution is 5.79. The van der Waals surface area contributed by atoms with Crippen molar-refractivity contribution in [2.45, 2.75) is 171 Å². The summed E-state index contributed by atoms with van der Waals surface area (Å²) in [6.07, 6.45) is 17.1. The Kier molecular flexibility index (Phi) is 15.2. The highest BCUT2D eigenvalue weighted by Crippen LogP contribution is 2.45. The maximum atomic E-state index is 16.4. The third kappa shape index (κ3) is 10.1. The highest BCUT2D eigenvalue weighted by Gasteiger charge is 2.72. The molecule has 8 nitrogen and oxygen atoms in total. The van der Waals surface area contributed by atoms with Gasteiger partial charge in [-0.1, -0.05) is 77.0 Å². The molecule has 0 aromatic heterocycles. The van der Waals surface area contributed by atoms with Crippen LogP contribution >= 0.6 is 0 Å². The largest absolute Gasteiger partial charge is 0.461 e. The molecule has 4 saturated carbocycles. The molecule has 5 rings (SSSR count). The first-order valence-electron chi connectivity index (χ1n) is 19.7. The number of carbonyl (C=O) groups excluding carboxylic acids is 1. The minimum Gasteiger partial charge on any atom is -0.461 e. The summed E-state index contributed by atoms with van der Waals surface area (Å²) in [4.78, 5) is 12.9. The summed E-state index contributed by atoms with van der Waals surface area (Å²) < 4.78 is 69.6. The fourth-order valence-electron chi connectivity index (χ4n) is 8.81. The third-order valence-corrected chi connectivity index (χ3v) is 11.8. The van der Waals surface area contributed by atoms with Gasteiger partial charge in [-0.25, -0.2) is 4.79 Å². The molecule has 1 aliphatic heterocycles. The summed E-state index contributed by atoms with van der Waals surface area (Å²) >= 11 is 0. The molecule has 1 heterocycles. The van der Waals surface area contributed by atoms with Gasteiger partial charge in [0.15, 0.2) is 0 Å². The van der Waals surface area contributed by atoms with Gasteiger partial charge in [0.2, 0.25) is 0 Å². The van der Waals surface area contributed by atoms with Gasteiger partial charge in [0, 0.05) is 6.61 Å². The predicted octanol–water partition coefficient (Wildman–Crippen LogP) is 7.77. The SMILES string of the molecule is CCOC(=O)C(F)(F)[C@]1(O)O[C@H](COCC2CCCCC2)[C@H](OCC2CCCCC2)[C@H](OCC2CCCCC2)[C@H]1OCC1CCCCC1. The van der Waals surface area contributed by atoms with Gasteiger partial charge in [-0.3, -0.25) is 0 Å². The van der Waals surface area contributed by atoms with Crippen LogP contribution in [0.3, 0.4) is 0 Å². The molecule has 0 aromatic carbocycles. The van der Waals surface area contributed by atoms with Crippen LogP contribution in [0, 0.1) is 23.7 Å². The van der Waals surface area contributed by atoms with E-state index in [-0.39, 0.29) is 31.7 Å². The summed E-state index contributed by atoms with van der Waals surface area (Å²) in [5.74, 6) is -8.42. The maximum absolute atomic E-state index is 16.4. The zero-order valence-corrected chi connectivity index (χ0v) is 29.6. The van der Waals surface area contributed by atoms with Crippen molar-refractivity contribution in [1.29, 1.82) is 0 Å². The number of aliphatic hydroxyl groups is 1. The van der Waals surface area contributed by atoms with Crippen molar-refractivity contribution in [3.8, 4) is 0 Å². The molecule has 0 bridgehead atoms. The average molecular weight is 687 g/mol. The first-order chi connectivity index (χ1) is 23.3. The number of halogens is 2. The second-order valence-electron chi connectivity index (χ2n) is 15.6. The molecular weight excluding hydrogens is 622 g/mol. The van der Waals surface area contributed by atoms with Crippen LogP contribution in [0.5, 0.6) is 0 Å². The van der Waals surface area contributed by atoms with Gasteiger partial charge in [-0.15, -0.1) is 0 Å². The number of carbonyl (C=O) groups is 1. The van der Waals surface area contributed by atoms with Crippen molar-refractivity contribution in [1.82, 2.24) is 0 Å². The van der Waals surface area contributed by atoms with Gasteiger partial charge < -0.3 is 33.5 Å². The fourth-order valence-corrected chi connectivity index (χ4v) is 8.81. The van der Waals surface area contributed by atoms with E-state index in [1.165, 1.54) is 26.2 Å². The monoisotopic (exact) mass is 686 g/mol. The van der Waals surface area contributed by atoms with Gasteiger partial charge in [-0.05, 0) is 82.0 Å². The Morgan fingerprint density at radius 2 is 1.06 bits per heavy atom. The number of ether oxygens (including phenoxy) is 6. The predicted molar refractivity (Wildman–Crippen MR) is 178 cm³/mol. The van der Waals surface area contributed by atoms with E-state index in [0.717, 1.165) is 109 Å². The Labute approximate surface area is 287 Å². The van der Waals surface area contributed by atoms with E-state index in [2.05, 4.69) is 0 Å². The first-order valence-corrected chi connectivity index (χ1v) is 19.7. The molecule has 0 unspecified atom stereocenters. The summed E-state index contributed by atoms with van der Waals surface area (Å²) in [7, 11) is 0. The van der Waals surface area contributed by atoms with Crippen LogP contribution in [0.15, 0.2) is 0 Å². The van der Waals surface area contributed by atoms with Gasteiger partial charge >= 0.3 is 11.9 Å². The van der Waals surface area contributed by atoms with Crippen molar-refractivity contribution in [2.24, 2.45) is 23.7 Å². The van der Waals surface area contributed by atoms with Crippen molar-refractivity contribution in [2.75, 3.05) is 39.6 Å². The van der Waals surface area contributed by atoms with Gasteiger partial charge in [0.25, 0.3) is 5.79 Å². The lowest BCUT2D eigenvalue weighted by molar-refractivity contribution is -0.416. The number of rotatable bonds is 16. The zero-order chi connectivity index (χ0) is 33.8. The summed E-state index contributed by atoms with van der Waals surface area (Å²) in [5.41, 5.74) is 0. The van der Waals surface area contributed by atoms with Crippen molar-refractivity contribution in [3.05, 3.63) is 0 Å². The topological polar surface area (TPSA) is 92.7 Å². The maximum Gasteiger partial charge on any atom is 0.397 e. The lowest BCUT2D eigenvalue weighted by Crippen LogP contribution is -2.74. The number of hydrogen-bond acceptors (Lipinski definition) is 8. The van der Waals surface area contributed by atoms with Gasteiger partial charge in [-0.2, -0.15) is 8.78 Å². The summed E-state index contributed by atoms with van der Waals surface area (Å²) in [6.45, 7) is 2.57. The molecule has 0 amide bonds. The second-order valence-corrected chi connectivity index (χ2v) is 15.6. The van der Waals surface area contributed by atoms with Crippen LogP contribution < -0.4 is 0 Å². The molecular formula is C38H64F2O8. The normalized spacial score (nSPS) is 32.3. The zero-order valence-electron chi connectivity index (χ0n) is 29.6.